The van der Waals surface area contributed by atoms with Crippen LogP contribution in [-0.4, -0.2) is 29.4 Å². The smallest absolute Gasteiger partial charge is 0.317 e. The first-order chi connectivity index (χ1) is 5.75. The molecule has 0 amide bonds. The van der Waals surface area contributed by atoms with Gasteiger partial charge in [-0.3, -0.25) is 14.9 Å². The summed E-state index contributed by atoms with van der Waals surface area (Å²) >= 11 is 0. The summed E-state index contributed by atoms with van der Waals surface area (Å²) in [6, 6.07) is -0.399. The number of rotatable bonds is 4. The number of nitrogens with one attached hydrogen (secondary N) is 1. The molecule has 0 fully saturated rings. The largest absolute Gasteiger partial charge is 0.480 e. The van der Waals surface area contributed by atoms with Crippen molar-refractivity contribution in [2.24, 2.45) is 5.41 Å². The van der Waals surface area contributed by atoms with Gasteiger partial charge in [0.2, 0.25) is 0 Å². The molecule has 1 atom stereocenters. The van der Waals surface area contributed by atoms with E-state index in [0.717, 1.165) is 0 Å². The van der Waals surface area contributed by atoms with Crippen LogP contribution in [-0.2, 0) is 9.59 Å². The van der Waals surface area contributed by atoms with Crippen molar-refractivity contribution >= 4 is 11.8 Å². The Kier molecular flexibility index (Phi) is 4.07. The Balaban J connectivity index is 4.28. The molecule has 0 aromatic rings. The fourth-order valence-electron chi connectivity index (χ4n) is 1.25. The Morgan fingerprint density at radius 2 is 1.85 bits per heavy atom. The number of hydrogen-bond donors (Lipinski definition) is 2. The molecule has 0 saturated carbocycles. The molecule has 76 valence electrons. The number of ketones is 1. The molecule has 0 aliphatic carbocycles. The highest BCUT2D eigenvalue weighted by Gasteiger charge is 2.28. The van der Waals surface area contributed by atoms with Crippen LogP contribution in [0.3, 0.4) is 0 Å². The fourth-order valence-corrected chi connectivity index (χ4v) is 1.25. The molecule has 2 N–H and O–H groups in total. The Labute approximate surface area is 78.3 Å². The van der Waals surface area contributed by atoms with Crippen molar-refractivity contribution in [3.05, 3.63) is 0 Å². The number of aliphatic carboxylic acids is 1. The molecule has 1 unspecified atom stereocenters. The van der Waals surface area contributed by atoms with Crippen molar-refractivity contribution in [2.75, 3.05) is 6.54 Å². The van der Waals surface area contributed by atoms with Crippen LogP contribution in [0.5, 0.6) is 0 Å². The van der Waals surface area contributed by atoms with Crippen molar-refractivity contribution in [1.29, 1.82) is 0 Å². The molecular weight excluding hydrogens is 170 g/mol. The van der Waals surface area contributed by atoms with Gasteiger partial charge in [-0.25, -0.2) is 0 Å². The van der Waals surface area contributed by atoms with E-state index in [-0.39, 0.29) is 17.7 Å². The number of Topliss-reactive ketones (excluding diaryl/α,β-unsaturated/α-hetero) is 1. The van der Waals surface area contributed by atoms with Gasteiger partial charge >= 0.3 is 5.97 Å². The van der Waals surface area contributed by atoms with Gasteiger partial charge in [0.25, 0.3) is 0 Å². The molecule has 4 heteroatoms. The van der Waals surface area contributed by atoms with Gasteiger partial charge in [0.05, 0.1) is 12.6 Å². The molecule has 0 heterocycles. The SMILES string of the molecule is CC(=O)C(NCC(=O)O)C(C)(C)C. The second kappa shape index (κ2) is 4.37. The van der Waals surface area contributed by atoms with Crippen molar-refractivity contribution in [3.63, 3.8) is 0 Å². The molecule has 13 heavy (non-hydrogen) atoms. The van der Waals surface area contributed by atoms with E-state index < -0.39 is 12.0 Å². The summed E-state index contributed by atoms with van der Waals surface area (Å²) in [7, 11) is 0. The maximum absolute atomic E-state index is 11.1. The minimum absolute atomic E-state index is 0.0336. The normalized spacial score (nSPS) is 13.8. The summed E-state index contributed by atoms with van der Waals surface area (Å²) in [4.78, 5) is 21.4. The third kappa shape index (κ3) is 4.62. The molecule has 0 aliphatic rings. The van der Waals surface area contributed by atoms with Crippen molar-refractivity contribution in [2.45, 2.75) is 33.7 Å². The van der Waals surface area contributed by atoms with E-state index in [4.69, 9.17) is 5.11 Å². The lowest BCUT2D eigenvalue weighted by Gasteiger charge is -2.28. The maximum Gasteiger partial charge on any atom is 0.317 e. The van der Waals surface area contributed by atoms with E-state index in [2.05, 4.69) is 5.32 Å². The zero-order valence-corrected chi connectivity index (χ0v) is 8.55. The van der Waals surface area contributed by atoms with Gasteiger partial charge in [-0.15, -0.1) is 0 Å². The second-order valence-electron chi connectivity index (χ2n) is 4.18. The zero-order chi connectivity index (χ0) is 10.6. The first-order valence-corrected chi connectivity index (χ1v) is 4.20. The number of carbonyl (C=O) groups is 2. The number of hydrogen-bond acceptors (Lipinski definition) is 3. The minimum atomic E-state index is -0.949. The Bertz CT molecular complexity index is 205. The standard InChI is InChI=1S/C9H17NO3/c1-6(11)8(9(2,3)4)10-5-7(12)13/h8,10H,5H2,1-4H3,(H,12,13). The summed E-state index contributed by atoms with van der Waals surface area (Å²) in [6.45, 7) is 6.97. The molecule has 0 spiro atoms. The van der Waals surface area contributed by atoms with Crippen LogP contribution in [0.2, 0.25) is 0 Å². The van der Waals surface area contributed by atoms with E-state index >= 15 is 0 Å². The Hall–Kier alpha value is -0.900. The van der Waals surface area contributed by atoms with Crippen LogP contribution in [0.25, 0.3) is 0 Å². The van der Waals surface area contributed by atoms with Gasteiger partial charge in [-0.05, 0) is 12.3 Å². The highest BCUT2D eigenvalue weighted by molar-refractivity contribution is 5.83. The van der Waals surface area contributed by atoms with Gasteiger partial charge < -0.3 is 5.11 Å². The lowest BCUT2D eigenvalue weighted by molar-refractivity contribution is -0.136. The summed E-state index contributed by atoms with van der Waals surface area (Å²) in [5.74, 6) is -0.982. The number of carboxylic acids is 1. The Morgan fingerprint density at radius 3 is 2.08 bits per heavy atom. The van der Waals surface area contributed by atoms with Crippen LogP contribution in [0.15, 0.2) is 0 Å². The highest BCUT2D eigenvalue weighted by Crippen LogP contribution is 2.19. The predicted molar refractivity (Wildman–Crippen MR) is 49.6 cm³/mol. The molecule has 0 bridgehead atoms. The van der Waals surface area contributed by atoms with Gasteiger partial charge in [0.1, 0.15) is 5.78 Å². The summed E-state index contributed by atoms with van der Waals surface area (Å²) in [5.41, 5.74) is -0.249. The number of carboxylic acid groups (broad SMARTS) is 1. The zero-order valence-electron chi connectivity index (χ0n) is 8.55. The van der Waals surface area contributed by atoms with Crippen LogP contribution < -0.4 is 5.32 Å². The van der Waals surface area contributed by atoms with Crippen LogP contribution in [0.1, 0.15) is 27.7 Å². The molecule has 0 aromatic carbocycles. The third-order valence-corrected chi connectivity index (χ3v) is 1.73. The second-order valence-corrected chi connectivity index (χ2v) is 4.18. The quantitative estimate of drug-likeness (QED) is 0.678. The highest BCUT2D eigenvalue weighted by atomic mass is 16.4. The average molecular weight is 187 g/mol. The molecular formula is C9H17NO3. The van der Waals surface area contributed by atoms with Crippen molar-refractivity contribution < 1.29 is 14.7 Å². The summed E-state index contributed by atoms with van der Waals surface area (Å²) in [5, 5.41) is 11.1. The van der Waals surface area contributed by atoms with Crippen LogP contribution >= 0.6 is 0 Å². The summed E-state index contributed by atoms with van der Waals surface area (Å²) < 4.78 is 0. The lowest BCUT2D eigenvalue weighted by atomic mass is 9.84. The number of carbonyl (C=O) groups excluding carboxylic acids is 1. The van der Waals surface area contributed by atoms with Gasteiger partial charge in [0.15, 0.2) is 0 Å². The molecule has 0 aliphatic heterocycles. The first kappa shape index (κ1) is 12.1. The fraction of sp³-hybridized carbons (Fsp3) is 0.778. The molecule has 0 rings (SSSR count). The minimum Gasteiger partial charge on any atom is -0.480 e. The monoisotopic (exact) mass is 187 g/mol. The molecule has 0 radical (unpaired) electrons. The Morgan fingerprint density at radius 1 is 1.38 bits per heavy atom. The van der Waals surface area contributed by atoms with Gasteiger partial charge in [-0.1, -0.05) is 20.8 Å². The predicted octanol–water partition coefficient (Wildman–Crippen LogP) is 0.664. The van der Waals surface area contributed by atoms with Crippen LogP contribution in [0.4, 0.5) is 0 Å². The van der Waals surface area contributed by atoms with Gasteiger partial charge in [0, 0.05) is 0 Å². The van der Waals surface area contributed by atoms with E-state index in [1.807, 2.05) is 20.8 Å². The maximum atomic E-state index is 11.1. The van der Waals surface area contributed by atoms with E-state index in [9.17, 15) is 9.59 Å². The average Bonchev–Trinajstić information content (AvgIpc) is 1.81. The van der Waals surface area contributed by atoms with Crippen LogP contribution in [0, 0.1) is 5.41 Å². The summed E-state index contributed by atoms with van der Waals surface area (Å²) in [6.07, 6.45) is 0. The van der Waals surface area contributed by atoms with Crippen molar-refractivity contribution in [1.82, 2.24) is 5.32 Å². The molecule has 0 saturated heterocycles. The van der Waals surface area contributed by atoms with E-state index in [1.165, 1.54) is 6.92 Å². The molecule has 4 nitrogen and oxygen atoms in total. The first-order valence-electron chi connectivity index (χ1n) is 4.20. The van der Waals surface area contributed by atoms with E-state index in [1.54, 1.807) is 0 Å². The topological polar surface area (TPSA) is 66.4 Å². The van der Waals surface area contributed by atoms with Crippen molar-refractivity contribution in [3.8, 4) is 0 Å². The third-order valence-electron chi connectivity index (χ3n) is 1.73. The molecule has 0 aromatic heterocycles. The lowest BCUT2D eigenvalue weighted by Crippen LogP contribution is -2.47. The van der Waals surface area contributed by atoms with E-state index in [0.29, 0.717) is 0 Å². The van der Waals surface area contributed by atoms with Gasteiger partial charge in [-0.2, -0.15) is 0 Å².